The van der Waals surface area contributed by atoms with Crippen molar-refractivity contribution in [2.24, 2.45) is 5.92 Å². The van der Waals surface area contributed by atoms with Crippen molar-refractivity contribution in [1.29, 1.82) is 0 Å². The van der Waals surface area contributed by atoms with Gasteiger partial charge >= 0.3 is 6.01 Å². The monoisotopic (exact) mass is 657 g/mol. The lowest BCUT2D eigenvalue weighted by molar-refractivity contribution is 0.107. The standard InChI is InChI=1S/C32H32F5N7OS/c33-18-10-32(7-1-9-44(32)14-18)16-45-30-41-25-21(28(42-30)43-13-17-6-8-31(15-43,39-12-17)11-23(35)36)3-2-19(24(25)37)20-4-5-22(34)27-26(20)40-29(38)46-27/h2-5,11,17-18,39H,1,6-10,12-16H2,(H2,38,40)/t17-,18-,31-,32+/m1/s1. The Labute approximate surface area is 265 Å². The molecule has 2 aromatic heterocycles. The van der Waals surface area contributed by atoms with Crippen molar-refractivity contribution in [1.82, 2.24) is 25.2 Å². The van der Waals surface area contributed by atoms with E-state index in [4.69, 9.17) is 15.5 Å². The van der Waals surface area contributed by atoms with Gasteiger partial charge in [-0.1, -0.05) is 17.4 Å². The molecule has 5 aliphatic rings. The minimum absolute atomic E-state index is 0.0282. The Hall–Kier alpha value is -3.62. The highest BCUT2D eigenvalue weighted by Gasteiger charge is 2.49. The minimum Gasteiger partial charge on any atom is -0.461 e. The predicted octanol–water partition coefficient (Wildman–Crippen LogP) is 6.06. The fraction of sp³-hybridized carbons (Fsp3) is 0.469. The molecule has 242 valence electrons. The molecular formula is C32H32F5N7OS. The van der Waals surface area contributed by atoms with Crippen LogP contribution < -0.4 is 20.7 Å². The van der Waals surface area contributed by atoms with E-state index >= 15 is 4.39 Å². The molecule has 9 rings (SSSR count). The number of ether oxygens (including phenoxy) is 1. The van der Waals surface area contributed by atoms with Gasteiger partial charge in [0.05, 0.1) is 21.3 Å². The van der Waals surface area contributed by atoms with Gasteiger partial charge in [-0.25, -0.2) is 18.2 Å². The van der Waals surface area contributed by atoms with Crippen molar-refractivity contribution in [3.8, 4) is 17.1 Å². The Bertz CT molecular complexity index is 1870. The number of hydrogen-bond acceptors (Lipinski definition) is 9. The number of nitrogens with two attached hydrogens (primary N) is 1. The predicted molar refractivity (Wildman–Crippen MR) is 167 cm³/mol. The zero-order valence-electron chi connectivity index (χ0n) is 24.8. The van der Waals surface area contributed by atoms with Crippen LogP contribution in [0.25, 0.3) is 32.2 Å². The van der Waals surface area contributed by atoms with E-state index in [0.29, 0.717) is 49.2 Å². The number of fused-ring (bicyclic) bond motifs is 7. The van der Waals surface area contributed by atoms with Crippen LogP contribution in [-0.2, 0) is 0 Å². The van der Waals surface area contributed by atoms with Crippen LogP contribution >= 0.6 is 11.3 Å². The summed E-state index contributed by atoms with van der Waals surface area (Å²) in [5.74, 6) is -0.653. The molecule has 5 aliphatic heterocycles. The lowest BCUT2D eigenvalue weighted by atomic mass is 9.86. The van der Waals surface area contributed by atoms with Crippen LogP contribution in [0.1, 0.15) is 32.1 Å². The Morgan fingerprint density at radius 1 is 1.09 bits per heavy atom. The molecular weight excluding hydrogens is 625 g/mol. The second-order valence-corrected chi connectivity index (χ2v) is 14.1. The molecule has 5 saturated heterocycles. The van der Waals surface area contributed by atoms with Gasteiger partial charge in [-0.2, -0.15) is 18.7 Å². The van der Waals surface area contributed by atoms with Crippen LogP contribution in [0.15, 0.2) is 36.4 Å². The molecule has 3 N–H and O–H groups in total. The molecule has 7 heterocycles. The summed E-state index contributed by atoms with van der Waals surface area (Å²) >= 11 is 0.981. The summed E-state index contributed by atoms with van der Waals surface area (Å²) in [7, 11) is 0. The second kappa shape index (κ2) is 11.0. The number of aromatic nitrogens is 3. The van der Waals surface area contributed by atoms with E-state index < -0.39 is 35.0 Å². The first-order valence-corrected chi connectivity index (χ1v) is 16.3. The summed E-state index contributed by atoms with van der Waals surface area (Å²) in [6.07, 6.45) is 1.56. The normalized spacial score (nSPS) is 27.8. The van der Waals surface area contributed by atoms with Crippen molar-refractivity contribution >= 4 is 43.4 Å². The molecule has 2 aromatic carbocycles. The van der Waals surface area contributed by atoms with E-state index in [-0.39, 0.29) is 51.5 Å². The van der Waals surface area contributed by atoms with Gasteiger partial charge in [-0.3, -0.25) is 4.90 Å². The third kappa shape index (κ3) is 4.96. The van der Waals surface area contributed by atoms with E-state index in [1.807, 2.05) is 4.90 Å². The SMILES string of the molecule is Nc1nc2c(-c3ccc4c(N5C[C@@H]6CC[C@@](C=C(F)F)(C5)NC6)nc(OC[C@@]56CCCN5C[C@H](F)C6)nc4c3F)ccc(F)c2s1. The highest BCUT2D eigenvalue weighted by atomic mass is 32.1. The molecule has 0 unspecified atom stereocenters. The molecule has 0 amide bonds. The number of nitrogen functional groups attached to an aromatic ring is 1. The zero-order valence-corrected chi connectivity index (χ0v) is 25.7. The zero-order chi connectivity index (χ0) is 31.8. The van der Waals surface area contributed by atoms with E-state index in [0.717, 1.165) is 43.2 Å². The summed E-state index contributed by atoms with van der Waals surface area (Å²) < 4.78 is 79.6. The summed E-state index contributed by atoms with van der Waals surface area (Å²) in [5, 5.41) is 3.85. The Kier molecular flexibility index (Phi) is 7.11. The molecule has 5 fully saturated rings. The number of anilines is 2. The number of benzene rings is 2. The van der Waals surface area contributed by atoms with Gasteiger partial charge in [0, 0.05) is 55.2 Å². The quantitative estimate of drug-likeness (QED) is 0.242. The maximum absolute atomic E-state index is 16.7. The van der Waals surface area contributed by atoms with Crippen LogP contribution in [-0.4, -0.2) is 76.4 Å². The summed E-state index contributed by atoms with van der Waals surface area (Å²) in [4.78, 5) is 17.6. The summed E-state index contributed by atoms with van der Waals surface area (Å²) in [5.41, 5.74) is 5.14. The molecule has 46 heavy (non-hydrogen) atoms. The first-order chi connectivity index (χ1) is 22.1. The fourth-order valence-electron chi connectivity index (χ4n) is 8.04. The average Bonchev–Trinajstić information content (AvgIpc) is 3.60. The second-order valence-electron chi connectivity index (χ2n) is 13.1. The van der Waals surface area contributed by atoms with Gasteiger partial charge in [0.25, 0.3) is 6.08 Å². The first kappa shape index (κ1) is 29.8. The maximum atomic E-state index is 16.7. The number of nitrogens with one attached hydrogen (secondary N) is 1. The van der Waals surface area contributed by atoms with Crippen molar-refractivity contribution < 1.29 is 26.7 Å². The molecule has 14 heteroatoms. The Morgan fingerprint density at radius 3 is 2.74 bits per heavy atom. The number of hydrogen-bond donors (Lipinski definition) is 2. The van der Waals surface area contributed by atoms with Crippen molar-refractivity contribution in [2.75, 3.05) is 50.0 Å². The van der Waals surface area contributed by atoms with E-state index in [1.165, 1.54) is 12.1 Å². The van der Waals surface area contributed by atoms with Gasteiger partial charge in [-0.15, -0.1) is 0 Å². The Balaban J connectivity index is 1.26. The van der Waals surface area contributed by atoms with Crippen LogP contribution in [0.4, 0.5) is 32.9 Å². The lowest BCUT2D eigenvalue weighted by Crippen LogP contribution is -2.52. The molecule has 0 spiro atoms. The smallest absolute Gasteiger partial charge is 0.319 e. The third-order valence-electron chi connectivity index (χ3n) is 10.2. The average molecular weight is 658 g/mol. The molecule has 0 saturated carbocycles. The molecule has 4 aromatic rings. The Morgan fingerprint density at radius 2 is 1.93 bits per heavy atom. The van der Waals surface area contributed by atoms with E-state index in [2.05, 4.69) is 20.2 Å². The minimum atomic E-state index is -1.77. The number of halogens is 5. The van der Waals surface area contributed by atoms with Crippen LogP contribution in [0.3, 0.4) is 0 Å². The first-order valence-electron chi connectivity index (χ1n) is 15.5. The van der Waals surface area contributed by atoms with Crippen molar-refractivity contribution in [2.45, 2.75) is 49.4 Å². The third-order valence-corrected chi connectivity index (χ3v) is 11.1. The molecule has 4 atom stereocenters. The lowest BCUT2D eigenvalue weighted by Gasteiger charge is -2.35. The van der Waals surface area contributed by atoms with Crippen LogP contribution in [0.2, 0.25) is 0 Å². The summed E-state index contributed by atoms with van der Waals surface area (Å²) in [6, 6.07) is 5.90. The van der Waals surface area contributed by atoms with Gasteiger partial charge in [0.1, 0.15) is 29.9 Å². The van der Waals surface area contributed by atoms with Gasteiger partial charge in [0.15, 0.2) is 10.9 Å². The molecule has 8 nitrogen and oxygen atoms in total. The number of nitrogens with zero attached hydrogens (tertiary/aromatic N) is 5. The van der Waals surface area contributed by atoms with Crippen LogP contribution in [0.5, 0.6) is 6.01 Å². The van der Waals surface area contributed by atoms with Gasteiger partial charge in [-0.05, 0) is 56.3 Å². The summed E-state index contributed by atoms with van der Waals surface area (Å²) in [6.45, 7) is 2.53. The molecule has 0 radical (unpaired) electrons. The number of thiazole rings is 1. The molecule has 2 bridgehead atoms. The largest absolute Gasteiger partial charge is 0.461 e. The van der Waals surface area contributed by atoms with Crippen molar-refractivity contribution in [3.63, 3.8) is 0 Å². The number of alkyl halides is 1. The molecule has 0 aliphatic carbocycles. The van der Waals surface area contributed by atoms with Crippen molar-refractivity contribution in [3.05, 3.63) is 48.1 Å². The van der Waals surface area contributed by atoms with Gasteiger partial charge < -0.3 is 20.7 Å². The van der Waals surface area contributed by atoms with Crippen LogP contribution in [0, 0.1) is 17.6 Å². The highest BCUT2D eigenvalue weighted by Crippen LogP contribution is 2.43. The highest BCUT2D eigenvalue weighted by molar-refractivity contribution is 7.22. The van der Waals surface area contributed by atoms with Gasteiger partial charge in [0.2, 0.25) is 0 Å². The van der Waals surface area contributed by atoms with E-state index in [1.54, 1.807) is 12.1 Å². The fourth-order valence-corrected chi connectivity index (χ4v) is 8.81. The van der Waals surface area contributed by atoms with E-state index in [9.17, 15) is 17.6 Å². The number of piperidine rings is 1. The number of rotatable bonds is 6. The maximum Gasteiger partial charge on any atom is 0.319 e. The topological polar surface area (TPSA) is 92.4 Å².